The maximum absolute atomic E-state index is 11.7. The molecule has 0 bridgehead atoms. The molecule has 0 fully saturated rings. The zero-order chi connectivity index (χ0) is 12.4. The van der Waals surface area contributed by atoms with Gasteiger partial charge in [-0.2, -0.15) is 13.2 Å². The molecule has 0 amide bonds. The van der Waals surface area contributed by atoms with Crippen molar-refractivity contribution in [1.82, 2.24) is 5.32 Å². The molecule has 1 atom stereocenters. The largest absolute Gasteiger partial charge is 0.411 e. The lowest BCUT2D eigenvalue weighted by Crippen LogP contribution is -2.26. The van der Waals surface area contributed by atoms with Gasteiger partial charge in [0.05, 0.1) is 0 Å². The lowest BCUT2D eigenvalue weighted by Gasteiger charge is -2.11. The van der Waals surface area contributed by atoms with Crippen LogP contribution in [0.25, 0.3) is 0 Å². The van der Waals surface area contributed by atoms with Crippen LogP contribution >= 0.6 is 0 Å². The first-order valence-corrected chi connectivity index (χ1v) is 5.30. The number of hydrogen-bond acceptors (Lipinski definition) is 3. The van der Waals surface area contributed by atoms with Crippen molar-refractivity contribution in [2.75, 3.05) is 40.0 Å². The molecule has 0 aromatic carbocycles. The van der Waals surface area contributed by atoms with Crippen molar-refractivity contribution in [2.45, 2.75) is 19.5 Å². The van der Waals surface area contributed by atoms with E-state index in [0.717, 1.165) is 6.54 Å². The lowest BCUT2D eigenvalue weighted by molar-refractivity contribution is -0.173. The summed E-state index contributed by atoms with van der Waals surface area (Å²) in [5.41, 5.74) is 0. The first-order chi connectivity index (χ1) is 7.45. The van der Waals surface area contributed by atoms with E-state index in [1.165, 1.54) is 0 Å². The van der Waals surface area contributed by atoms with E-state index in [2.05, 4.69) is 10.1 Å². The Morgan fingerprint density at radius 2 is 2.00 bits per heavy atom. The van der Waals surface area contributed by atoms with E-state index < -0.39 is 12.8 Å². The molecule has 98 valence electrons. The monoisotopic (exact) mass is 243 g/mol. The van der Waals surface area contributed by atoms with E-state index >= 15 is 0 Å². The molecule has 0 aromatic heterocycles. The molecule has 0 radical (unpaired) electrons. The number of halogens is 3. The summed E-state index contributed by atoms with van der Waals surface area (Å²) in [7, 11) is 1.64. The van der Waals surface area contributed by atoms with Crippen LogP contribution in [0.4, 0.5) is 13.2 Å². The Bertz CT molecular complexity index is 165. The summed E-state index contributed by atoms with van der Waals surface area (Å²) in [5.74, 6) is 0.404. The smallest absolute Gasteiger partial charge is 0.384 e. The molecule has 3 nitrogen and oxygen atoms in total. The summed E-state index contributed by atoms with van der Waals surface area (Å²) in [6.07, 6.45) is -3.64. The minimum Gasteiger partial charge on any atom is -0.384 e. The highest BCUT2D eigenvalue weighted by Gasteiger charge is 2.27. The Labute approximate surface area is 94.3 Å². The SMILES string of the molecule is COCC(C)CNCCCOCC(F)(F)F. The number of hydrogen-bond donors (Lipinski definition) is 1. The molecule has 0 rings (SSSR count). The van der Waals surface area contributed by atoms with Gasteiger partial charge in [0.1, 0.15) is 6.61 Å². The summed E-state index contributed by atoms with van der Waals surface area (Å²) < 4.78 is 44.4. The van der Waals surface area contributed by atoms with Crippen molar-refractivity contribution in [3.63, 3.8) is 0 Å². The molecule has 1 unspecified atom stereocenters. The molecule has 0 aromatic rings. The molecule has 0 aliphatic carbocycles. The van der Waals surface area contributed by atoms with Crippen LogP contribution in [0.15, 0.2) is 0 Å². The van der Waals surface area contributed by atoms with E-state index in [0.29, 0.717) is 25.5 Å². The van der Waals surface area contributed by atoms with Gasteiger partial charge in [-0.05, 0) is 25.4 Å². The van der Waals surface area contributed by atoms with E-state index in [1.807, 2.05) is 6.92 Å². The molecule has 6 heteroatoms. The van der Waals surface area contributed by atoms with Gasteiger partial charge in [0.15, 0.2) is 0 Å². The highest BCUT2D eigenvalue weighted by atomic mass is 19.4. The van der Waals surface area contributed by atoms with Crippen LogP contribution in [0.2, 0.25) is 0 Å². The van der Waals surface area contributed by atoms with E-state index in [9.17, 15) is 13.2 Å². The molecule has 0 spiro atoms. The maximum atomic E-state index is 11.7. The van der Waals surface area contributed by atoms with Gasteiger partial charge in [-0.3, -0.25) is 0 Å². The Balaban J connectivity index is 3.16. The predicted octanol–water partition coefficient (Wildman–Crippen LogP) is 1.83. The third kappa shape index (κ3) is 11.7. The van der Waals surface area contributed by atoms with Crippen LogP contribution in [0.5, 0.6) is 0 Å². The second-order valence-corrected chi connectivity index (χ2v) is 3.79. The van der Waals surface area contributed by atoms with Crippen molar-refractivity contribution in [3.8, 4) is 0 Å². The Kier molecular flexibility index (Phi) is 8.60. The topological polar surface area (TPSA) is 30.5 Å². The lowest BCUT2D eigenvalue weighted by atomic mass is 10.2. The highest BCUT2D eigenvalue weighted by molar-refractivity contribution is 4.55. The van der Waals surface area contributed by atoms with Gasteiger partial charge >= 0.3 is 6.18 Å². The third-order valence-corrected chi connectivity index (χ3v) is 1.85. The zero-order valence-electron chi connectivity index (χ0n) is 9.77. The second-order valence-electron chi connectivity index (χ2n) is 3.79. The van der Waals surface area contributed by atoms with Crippen LogP contribution in [0, 0.1) is 5.92 Å². The van der Waals surface area contributed by atoms with Crippen LogP contribution < -0.4 is 5.32 Å². The molecular weight excluding hydrogens is 223 g/mol. The van der Waals surface area contributed by atoms with Gasteiger partial charge in [-0.1, -0.05) is 6.92 Å². The molecular formula is C10H20F3NO2. The van der Waals surface area contributed by atoms with Gasteiger partial charge in [0, 0.05) is 20.3 Å². The minimum absolute atomic E-state index is 0.130. The first-order valence-electron chi connectivity index (χ1n) is 5.30. The number of alkyl halides is 3. The average Bonchev–Trinajstić information content (AvgIpc) is 2.15. The molecule has 0 saturated heterocycles. The normalized spacial score (nSPS) is 14.1. The van der Waals surface area contributed by atoms with Crippen LogP contribution in [0.1, 0.15) is 13.3 Å². The van der Waals surface area contributed by atoms with Gasteiger partial charge in [0.25, 0.3) is 0 Å². The van der Waals surface area contributed by atoms with Crippen LogP contribution in [-0.2, 0) is 9.47 Å². The first kappa shape index (κ1) is 15.7. The van der Waals surface area contributed by atoms with Crippen LogP contribution in [-0.4, -0.2) is 46.2 Å². The van der Waals surface area contributed by atoms with E-state index in [4.69, 9.17) is 4.74 Å². The van der Waals surface area contributed by atoms with E-state index in [1.54, 1.807) is 7.11 Å². The quantitative estimate of drug-likeness (QED) is 0.627. The second kappa shape index (κ2) is 8.78. The van der Waals surface area contributed by atoms with E-state index in [-0.39, 0.29) is 6.61 Å². The number of nitrogens with one attached hydrogen (secondary N) is 1. The number of methoxy groups -OCH3 is 1. The number of rotatable bonds is 9. The van der Waals surface area contributed by atoms with Gasteiger partial charge in [0.2, 0.25) is 0 Å². The fourth-order valence-electron chi connectivity index (χ4n) is 1.18. The third-order valence-electron chi connectivity index (χ3n) is 1.85. The van der Waals surface area contributed by atoms with Crippen molar-refractivity contribution in [3.05, 3.63) is 0 Å². The number of ether oxygens (including phenoxy) is 2. The molecule has 0 saturated carbocycles. The maximum Gasteiger partial charge on any atom is 0.411 e. The van der Waals surface area contributed by atoms with Crippen molar-refractivity contribution < 1.29 is 22.6 Å². The summed E-state index contributed by atoms with van der Waals surface area (Å²) in [6.45, 7) is 3.14. The molecule has 0 aliphatic rings. The Hall–Kier alpha value is -0.330. The average molecular weight is 243 g/mol. The zero-order valence-corrected chi connectivity index (χ0v) is 9.77. The summed E-state index contributed by atoms with van der Waals surface area (Å²) in [4.78, 5) is 0. The van der Waals surface area contributed by atoms with Crippen LogP contribution in [0.3, 0.4) is 0 Å². The standard InChI is InChI=1S/C10H20F3NO2/c1-9(7-15-2)6-14-4-3-5-16-8-10(11,12)13/h9,14H,3-8H2,1-2H3. The fourth-order valence-corrected chi connectivity index (χ4v) is 1.18. The molecule has 16 heavy (non-hydrogen) atoms. The summed E-state index contributed by atoms with van der Waals surface area (Å²) in [6, 6.07) is 0. The van der Waals surface area contributed by atoms with Gasteiger partial charge in [-0.25, -0.2) is 0 Å². The summed E-state index contributed by atoms with van der Waals surface area (Å²) in [5, 5.41) is 3.13. The van der Waals surface area contributed by atoms with Crippen molar-refractivity contribution >= 4 is 0 Å². The summed E-state index contributed by atoms with van der Waals surface area (Å²) >= 11 is 0. The molecule has 0 heterocycles. The minimum atomic E-state index is -4.22. The predicted molar refractivity (Wildman–Crippen MR) is 55.4 cm³/mol. The highest BCUT2D eigenvalue weighted by Crippen LogP contribution is 2.14. The Morgan fingerprint density at radius 1 is 1.31 bits per heavy atom. The van der Waals surface area contributed by atoms with Gasteiger partial charge < -0.3 is 14.8 Å². The van der Waals surface area contributed by atoms with Crippen molar-refractivity contribution in [2.24, 2.45) is 5.92 Å². The molecule has 1 N–H and O–H groups in total. The molecule has 0 aliphatic heterocycles. The fraction of sp³-hybridized carbons (Fsp3) is 1.00. The van der Waals surface area contributed by atoms with Gasteiger partial charge in [-0.15, -0.1) is 0 Å². The van der Waals surface area contributed by atoms with Crippen molar-refractivity contribution in [1.29, 1.82) is 0 Å². The Morgan fingerprint density at radius 3 is 2.56 bits per heavy atom.